The number of piperidine rings is 1. The Hall–Kier alpha value is -2.25. The number of nitrogens with zero attached hydrogens (tertiary/aromatic N) is 3. The Morgan fingerprint density at radius 1 is 1.10 bits per heavy atom. The summed E-state index contributed by atoms with van der Waals surface area (Å²) in [6, 6.07) is 10.3. The molecular formula is C23H30N4O2S. The fourth-order valence-electron chi connectivity index (χ4n) is 4.69. The van der Waals surface area contributed by atoms with Gasteiger partial charge in [0.2, 0.25) is 11.8 Å². The molecule has 0 aliphatic carbocycles. The van der Waals surface area contributed by atoms with Gasteiger partial charge in [0.05, 0.1) is 6.54 Å². The molecule has 1 unspecified atom stereocenters. The summed E-state index contributed by atoms with van der Waals surface area (Å²) in [4.78, 5) is 33.9. The average molecular weight is 427 g/mol. The maximum absolute atomic E-state index is 13.3. The zero-order chi connectivity index (χ0) is 20.8. The van der Waals surface area contributed by atoms with E-state index in [1.54, 1.807) is 6.20 Å². The van der Waals surface area contributed by atoms with Gasteiger partial charge < -0.3 is 10.2 Å². The number of thiazole rings is 1. The second-order valence-corrected chi connectivity index (χ2v) is 9.24. The Morgan fingerprint density at radius 2 is 1.90 bits per heavy atom. The highest BCUT2D eigenvalue weighted by atomic mass is 32.1. The molecule has 2 aromatic rings. The molecule has 0 saturated carbocycles. The number of hydrogen-bond donors (Lipinski definition) is 1. The molecule has 2 amide bonds. The summed E-state index contributed by atoms with van der Waals surface area (Å²) in [5, 5.41) is 5.36. The second kappa shape index (κ2) is 10.2. The van der Waals surface area contributed by atoms with E-state index >= 15 is 0 Å². The lowest BCUT2D eigenvalue weighted by atomic mass is 9.81. The van der Waals surface area contributed by atoms with Crippen LogP contribution in [0.3, 0.4) is 0 Å². The lowest BCUT2D eigenvalue weighted by Gasteiger charge is -2.36. The molecule has 1 N–H and O–H groups in total. The topological polar surface area (TPSA) is 65.5 Å². The molecule has 1 aromatic carbocycles. The van der Waals surface area contributed by atoms with E-state index in [4.69, 9.17) is 0 Å². The fraction of sp³-hybridized carbons (Fsp3) is 0.522. The van der Waals surface area contributed by atoms with Gasteiger partial charge in [0.1, 0.15) is 0 Å². The summed E-state index contributed by atoms with van der Waals surface area (Å²) in [5.41, 5.74) is 1.20. The van der Waals surface area contributed by atoms with Crippen molar-refractivity contribution < 1.29 is 9.59 Å². The number of amides is 2. The smallest absolute Gasteiger partial charge is 0.240 e. The summed E-state index contributed by atoms with van der Waals surface area (Å²) in [7, 11) is 0. The van der Waals surface area contributed by atoms with Gasteiger partial charge in [0, 0.05) is 30.6 Å². The molecule has 2 fully saturated rings. The van der Waals surface area contributed by atoms with E-state index in [0.29, 0.717) is 30.0 Å². The molecule has 30 heavy (non-hydrogen) atoms. The Kier molecular flexibility index (Phi) is 7.12. The number of aromatic nitrogens is 1. The first kappa shape index (κ1) is 21.0. The third-order valence-electron chi connectivity index (χ3n) is 6.29. The van der Waals surface area contributed by atoms with Gasteiger partial charge in [-0.1, -0.05) is 36.8 Å². The zero-order valence-electron chi connectivity index (χ0n) is 17.3. The van der Waals surface area contributed by atoms with Gasteiger partial charge in [0.15, 0.2) is 5.13 Å². The number of likely N-dealkylation sites (tertiary alicyclic amines) is 2. The van der Waals surface area contributed by atoms with Crippen molar-refractivity contribution in [1.82, 2.24) is 14.8 Å². The number of rotatable bonds is 6. The first-order valence-corrected chi connectivity index (χ1v) is 11.8. The van der Waals surface area contributed by atoms with Crippen LogP contribution in [-0.2, 0) is 16.1 Å². The summed E-state index contributed by atoms with van der Waals surface area (Å²) in [5.74, 6) is 0.869. The molecule has 7 heteroatoms. The number of carbonyl (C=O) groups is 2. The normalized spacial score (nSPS) is 21.4. The van der Waals surface area contributed by atoms with Crippen LogP contribution in [0, 0.1) is 11.8 Å². The monoisotopic (exact) mass is 426 g/mol. The van der Waals surface area contributed by atoms with Crippen LogP contribution in [0.2, 0.25) is 0 Å². The summed E-state index contributed by atoms with van der Waals surface area (Å²) in [6.07, 6.45) is 6.87. The van der Waals surface area contributed by atoms with Gasteiger partial charge in [-0.2, -0.15) is 0 Å². The summed E-state index contributed by atoms with van der Waals surface area (Å²) >= 11 is 1.43. The van der Waals surface area contributed by atoms with E-state index in [2.05, 4.69) is 32.2 Å². The zero-order valence-corrected chi connectivity index (χ0v) is 18.2. The van der Waals surface area contributed by atoms with Gasteiger partial charge in [-0.05, 0) is 50.3 Å². The minimum Gasteiger partial charge on any atom is -0.338 e. The largest absolute Gasteiger partial charge is 0.338 e. The SMILES string of the molecule is O=C(CN1CCC(C2CCCCN(Cc3ccccc3)C2=O)CC1)Nc1nccs1. The van der Waals surface area contributed by atoms with E-state index < -0.39 is 0 Å². The Morgan fingerprint density at radius 3 is 2.63 bits per heavy atom. The average Bonchev–Trinajstić information content (AvgIpc) is 3.20. The second-order valence-electron chi connectivity index (χ2n) is 8.35. The van der Waals surface area contributed by atoms with Gasteiger partial charge in [-0.3, -0.25) is 14.5 Å². The van der Waals surface area contributed by atoms with Crippen LogP contribution in [-0.4, -0.2) is 52.8 Å². The number of carbonyl (C=O) groups excluding carboxylic acids is 2. The van der Waals surface area contributed by atoms with Crippen molar-refractivity contribution in [3.8, 4) is 0 Å². The third kappa shape index (κ3) is 5.46. The van der Waals surface area contributed by atoms with Crippen LogP contribution < -0.4 is 5.32 Å². The minimum absolute atomic E-state index is 0.0111. The predicted molar refractivity (Wildman–Crippen MR) is 119 cm³/mol. The van der Waals surface area contributed by atoms with Crippen LogP contribution in [0.15, 0.2) is 41.9 Å². The quantitative estimate of drug-likeness (QED) is 0.766. The van der Waals surface area contributed by atoms with Crippen LogP contribution in [0.1, 0.15) is 37.7 Å². The van der Waals surface area contributed by atoms with Gasteiger partial charge >= 0.3 is 0 Å². The molecule has 6 nitrogen and oxygen atoms in total. The number of benzene rings is 1. The van der Waals surface area contributed by atoms with E-state index in [1.165, 1.54) is 16.9 Å². The highest BCUT2D eigenvalue weighted by Gasteiger charge is 2.35. The fourth-order valence-corrected chi connectivity index (χ4v) is 5.24. The molecule has 160 valence electrons. The molecule has 2 aliphatic rings. The van der Waals surface area contributed by atoms with E-state index in [-0.39, 0.29) is 11.8 Å². The van der Waals surface area contributed by atoms with Crippen LogP contribution in [0.25, 0.3) is 0 Å². The lowest BCUT2D eigenvalue weighted by molar-refractivity contribution is -0.138. The molecule has 0 radical (unpaired) electrons. The van der Waals surface area contributed by atoms with Crippen molar-refractivity contribution in [3.05, 3.63) is 47.5 Å². The van der Waals surface area contributed by atoms with Crippen molar-refractivity contribution in [2.75, 3.05) is 31.5 Å². The molecule has 1 aromatic heterocycles. The molecule has 1 atom stereocenters. The Labute approximate surface area is 182 Å². The van der Waals surface area contributed by atoms with Gasteiger partial charge in [0.25, 0.3) is 0 Å². The summed E-state index contributed by atoms with van der Waals surface area (Å²) < 4.78 is 0. The highest BCUT2D eigenvalue weighted by Crippen LogP contribution is 2.32. The standard InChI is InChI=1S/C23H30N4O2S/c28-21(25-23-24-11-15-30-23)17-26-13-9-19(10-14-26)20-8-4-5-12-27(22(20)29)16-18-6-2-1-3-7-18/h1-3,6-7,11,15,19-20H,4-5,8-10,12-14,16-17H2,(H,24,25,28). The van der Waals surface area contributed by atoms with Crippen LogP contribution >= 0.6 is 11.3 Å². The number of nitrogens with one attached hydrogen (secondary N) is 1. The maximum Gasteiger partial charge on any atom is 0.240 e. The van der Waals surface area contributed by atoms with E-state index in [1.807, 2.05) is 23.6 Å². The first-order valence-electron chi connectivity index (χ1n) is 10.9. The van der Waals surface area contributed by atoms with Crippen molar-refractivity contribution in [3.63, 3.8) is 0 Å². The Balaban J connectivity index is 1.29. The molecular weight excluding hydrogens is 396 g/mol. The van der Waals surface area contributed by atoms with Crippen molar-refractivity contribution in [2.24, 2.45) is 11.8 Å². The maximum atomic E-state index is 13.3. The third-order valence-corrected chi connectivity index (χ3v) is 6.97. The Bertz CT molecular complexity index is 819. The highest BCUT2D eigenvalue weighted by molar-refractivity contribution is 7.13. The lowest BCUT2D eigenvalue weighted by Crippen LogP contribution is -2.44. The summed E-state index contributed by atoms with van der Waals surface area (Å²) in [6.45, 7) is 3.72. The van der Waals surface area contributed by atoms with Crippen molar-refractivity contribution in [2.45, 2.75) is 38.6 Å². The van der Waals surface area contributed by atoms with Crippen molar-refractivity contribution >= 4 is 28.3 Å². The number of anilines is 1. The molecule has 0 bridgehead atoms. The van der Waals surface area contributed by atoms with Gasteiger partial charge in [-0.25, -0.2) is 4.98 Å². The predicted octanol–water partition coefficient (Wildman–Crippen LogP) is 3.62. The minimum atomic E-state index is -0.0111. The van der Waals surface area contributed by atoms with Crippen LogP contribution in [0.4, 0.5) is 5.13 Å². The van der Waals surface area contributed by atoms with Gasteiger partial charge in [-0.15, -0.1) is 11.3 Å². The van der Waals surface area contributed by atoms with Crippen LogP contribution in [0.5, 0.6) is 0 Å². The molecule has 2 saturated heterocycles. The van der Waals surface area contributed by atoms with E-state index in [0.717, 1.165) is 51.7 Å². The molecule has 0 spiro atoms. The van der Waals surface area contributed by atoms with E-state index in [9.17, 15) is 9.59 Å². The van der Waals surface area contributed by atoms with Crippen molar-refractivity contribution in [1.29, 1.82) is 0 Å². The molecule has 4 rings (SSSR count). The number of hydrogen-bond acceptors (Lipinski definition) is 5. The molecule has 2 aliphatic heterocycles. The first-order chi connectivity index (χ1) is 14.7. The molecule has 3 heterocycles.